The number of ether oxygens (including phenoxy) is 1. The molecule has 6 nitrogen and oxygen atoms in total. The van der Waals surface area contributed by atoms with Crippen LogP contribution in [0, 0.1) is 0 Å². The Morgan fingerprint density at radius 3 is 2.60 bits per heavy atom. The van der Waals surface area contributed by atoms with E-state index in [2.05, 4.69) is 4.72 Å². The molecular formula is C8H17NO5S. The van der Waals surface area contributed by atoms with Crippen molar-refractivity contribution >= 4 is 16.0 Å². The third kappa shape index (κ3) is 8.34. The molecule has 7 heteroatoms. The van der Waals surface area contributed by atoms with E-state index >= 15 is 0 Å². The Labute approximate surface area is 89.7 Å². The van der Waals surface area contributed by atoms with Gasteiger partial charge in [0.15, 0.2) is 0 Å². The number of carboxylic acid groups (broad SMARTS) is 1. The molecule has 0 aliphatic carbocycles. The normalized spacial score (nSPS) is 13.7. The fraction of sp³-hybridized carbons (Fsp3) is 0.875. The SMILES string of the molecule is COC(C)CNS(=O)(=O)CCCC(=O)O. The molecule has 0 fully saturated rings. The van der Waals surface area contributed by atoms with Gasteiger partial charge in [0.2, 0.25) is 10.0 Å². The van der Waals surface area contributed by atoms with Crippen molar-refractivity contribution in [2.45, 2.75) is 25.9 Å². The maximum Gasteiger partial charge on any atom is 0.303 e. The molecule has 15 heavy (non-hydrogen) atoms. The van der Waals surface area contributed by atoms with Gasteiger partial charge in [0.25, 0.3) is 0 Å². The summed E-state index contributed by atoms with van der Waals surface area (Å²) in [6.45, 7) is 1.94. The van der Waals surface area contributed by atoms with Crippen LogP contribution in [-0.4, -0.2) is 45.0 Å². The minimum atomic E-state index is -3.38. The van der Waals surface area contributed by atoms with Crippen molar-refractivity contribution in [1.29, 1.82) is 0 Å². The molecule has 0 aromatic heterocycles. The van der Waals surface area contributed by atoms with E-state index < -0.39 is 16.0 Å². The summed E-state index contributed by atoms with van der Waals surface area (Å²) in [6.07, 6.45) is -0.216. The van der Waals surface area contributed by atoms with E-state index in [9.17, 15) is 13.2 Å². The Balaban J connectivity index is 3.82. The van der Waals surface area contributed by atoms with Crippen LogP contribution < -0.4 is 4.72 Å². The fourth-order valence-electron chi connectivity index (χ4n) is 0.813. The van der Waals surface area contributed by atoms with Crippen LogP contribution in [0.1, 0.15) is 19.8 Å². The van der Waals surface area contributed by atoms with Gasteiger partial charge in [0.05, 0.1) is 11.9 Å². The lowest BCUT2D eigenvalue weighted by molar-refractivity contribution is -0.137. The Bertz CT molecular complexity index is 287. The molecule has 0 spiro atoms. The van der Waals surface area contributed by atoms with Gasteiger partial charge in [-0.2, -0.15) is 0 Å². The number of carboxylic acids is 1. The highest BCUT2D eigenvalue weighted by Gasteiger charge is 2.12. The first kappa shape index (κ1) is 14.3. The minimum absolute atomic E-state index is 0.117. The molecule has 90 valence electrons. The summed E-state index contributed by atoms with van der Waals surface area (Å²) >= 11 is 0. The molecular weight excluding hydrogens is 222 g/mol. The topological polar surface area (TPSA) is 92.7 Å². The molecule has 1 unspecified atom stereocenters. The number of hydrogen-bond acceptors (Lipinski definition) is 4. The lowest BCUT2D eigenvalue weighted by atomic mass is 10.3. The van der Waals surface area contributed by atoms with E-state index in [0.717, 1.165) is 0 Å². The van der Waals surface area contributed by atoms with Crippen molar-refractivity contribution in [3.63, 3.8) is 0 Å². The van der Waals surface area contributed by atoms with E-state index in [-0.39, 0.29) is 31.2 Å². The molecule has 0 aromatic carbocycles. The molecule has 0 radical (unpaired) electrons. The molecule has 1 atom stereocenters. The standard InChI is InChI=1S/C8H17NO5S/c1-7(14-2)6-9-15(12,13)5-3-4-8(10)11/h7,9H,3-6H2,1-2H3,(H,10,11). The van der Waals surface area contributed by atoms with Crippen LogP contribution >= 0.6 is 0 Å². The molecule has 2 N–H and O–H groups in total. The summed E-state index contributed by atoms with van der Waals surface area (Å²) in [5.74, 6) is -1.16. The molecule has 0 saturated carbocycles. The molecule has 0 amide bonds. The smallest absolute Gasteiger partial charge is 0.303 e. The monoisotopic (exact) mass is 239 g/mol. The summed E-state index contributed by atoms with van der Waals surface area (Å²) in [4.78, 5) is 10.2. The van der Waals surface area contributed by atoms with Crippen molar-refractivity contribution in [1.82, 2.24) is 4.72 Å². The summed E-state index contributed by atoms with van der Waals surface area (Å²) in [7, 11) is -1.89. The van der Waals surface area contributed by atoms with E-state index in [1.165, 1.54) is 7.11 Å². The maximum atomic E-state index is 11.3. The summed E-state index contributed by atoms with van der Waals surface area (Å²) in [5.41, 5.74) is 0. The van der Waals surface area contributed by atoms with Crippen molar-refractivity contribution < 1.29 is 23.1 Å². The Hall–Kier alpha value is -0.660. The fourth-order valence-corrected chi connectivity index (χ4v) is 1.97. The highest BCUT2D eigenvalue weighted by molar-refractivity contribution is 7.89. The zero-order valence-electron chi connectivity index (χ0n) is 8.89. The largest absolute Gasteiger partial charge is 0.481 e. The van der Waals surface area contributed by atoms with E-state index in [4.69, 9.17) is 9.84 Å². The van der Waals surface area contributed by atoms with Crippen molar-refractivity contribution in [3.8, 4) is 0 Å². The molecule has 0 aliphatic heterocycles. The second-order valence-electron chi connectivity index (χ2n) is 3.21. The molecule has 0 saturated heterocycles. The number of carbonyl (C=O) groups is 1. The number of nitrogens with one attached hydrogen (secondary N) is 1. The molecule has 0 aliphatic rings. The van der Waals surface area contributed by atoms with Gasteiger partial charge in [-0.1, -0.05) is 0 Å². The van der Waals surface area contributed by atoms with Crippen LogP contribution in [0.2, 0.25) is 0 Å². The molecule has 0 heterocycles. The first-order valence-corrected chi connectivity index (χ1v) is 6.24. The lowest BCUT2D eigenvalue weighted by Gasteiger charge is -2.10. The zero-order valence-corrected chi connectivity index (χ0v) is 9.71. The number of aliphatic carboxylic acids is 1. The van der Waals surface area contributed by atoms with Gasteiger partial charge in [-0.25, -0.2) is 13.1 Å². The van der Waals surface area contributed by atoms with Crippen LogP contribution in [-0.2, 0) is 19.6 Å². The molecule has 0 rings (SSSR count). The predicted octanol–water partition coefficient (Wildman–Crippen LogP) is -0.194. The Morgan fingerprint density at radius 2 is 2.13 bits per heavy atom. The van der Waals surface area contributed by atoms with E-state index in [1.807, 2.05) is 0 Å². The third-order valence-electron chi connectivity index (χ3n) is 1.80. The van der Waals surface area contributed by atoms with Gasteiger partial charge in [-0.3, -0.25) is 4.79 Å². The Kier molecular flexibility index (Phi) is 6.46. The van der Waals surface area contributed by atoms with Gasteiger partial charge in [-0.05, 0) is 13.3 Å². The average molecular weight is 239 g/mol. The number of rotatable bonds is 8. The van der Waals surface area contributed by atoms with Crippen molar-refractivity contribution in [2.75, 3.05) is 19.4 Å². The van der Waals surface area contributed by atoms with Crippen LogP contribution in [0.5, 0.6) is 0 Å². The zero-order chi connectivity index (χ0) is 11.9. The van der Waals surface area contributed by atoms with Crippen LogP contribution in [0.4, 0.5) is 0 Å². The van der Waals surface area contributed by atoms with Crippen LogP contribution in [0.3, 0.4) is 0 Å². The van der Waals surface area contributed by atoms with Crippen molar-refractivity contribution in [2.24, 2.45) is 0 Å². The predicted molar refractivity (Wildman–Crippen MR) is 55.1 cm³/mol. The lowest BCUT2D eigenvalue weighted by Crippen LogP contribution is -2.33. The average Bonchev–Trinajstić information content (AvgIpc) is 2.13. The summed E-state index contributed by atoms with van der Waals surface area (Å²) < 4.78 is 29.8. The van der Waals surface area contributed by atoms with Crippen LogP contribution in [0.25, 0.3) is 0 Å². The number of sulfonamides is 1. The maximum absolute atomic E-state index is 11.3. The Morgan fingerprint density at radius 1 is 1.53 bits per heavy atom. The van der Waals surface area contributed by atoms with E-state index in [1.54, 1.807) is 6.92 Å². The van der Waals surface area contributed by atoms with Gasteiger partial charge in [0.1, 0.15) is 0 Å². The van der Waals surface area contributed by atoms with Crippen molar-refractivity contribution in [3.05, 3.63) is 0 Å². The van der Waals surface area contributed by atoms with Gasteiger partial charge in [-0.15, -0.1) is 0 Å². The summed E-state index contributed by atoms with van der Waals surface area (Å²) in [6, 6.07) is 0. The number of methoxy groups -OCH3 is 1. The summed E-state index contributed by atoms with van der Waals surface area (Å²) in [5, 5.41) is 8.33. The minimum Gasteiger partial charge on any atom is -0.481 e. The molecule has 0 bridgehead atoms. The van der Waals surface area contributed by atoms with Gasteiger partial charge < -0.3 is 9.84 Å². The van der Waals surface area contributed by atoms with Gasteiger partial charge in [0, 0.05) is 20.1 Å². The first-order valence-electron chi connectivity index (χ1n) is 4.59. The quantitative estimate of drug-likeness (QED) is 0.612. The highest BCUT2D eigenvalue weighted by atomic mass is 32.2. The first-order chi connectivity index (χ1) is 6.87. The highest BCUT2D eigenvalue weighted by Crippen LogP contribution is 1.95. The second-order valence-corrected chi connectivity index (χ2v) is 5.14. The van der Waals surface area contributed by atoms with Crippen LogP contribution in [0.15, 0.2) is 0 Å². The van der Waals surface area contributed by atoms with Gasteiger partial charge >= 0.3 is 5.97 Å². The second kappa shape index (κ2) is 6.76. The van der Waals surface area contributed by atoms with E-state index in [0.29, 0.717) is 0 Å². The third-order valence-corrected chi connectivity index (χ3v) is 3.23. The molecule has 0 aromatic rings. The number of hydrogen-bond donors (Lipinski definition) is 2.